The molecule has 1 rings (SSSR count). The van der Waals surface area contributed by atoms with Gasteiger partial charge in [-0.15, -0.1) is 0 Å². The number of hydrogen-bond acceptors (Lipinski definition) is 4. The maximum absolute atomic E-state index is 11.1. The summed E-state index contributed by atoms with van der Waals surface area (Å²) in [4.78, 5) is 2.04. The third-order valence-corrected chi connectivity index (χ3v) is 4.40. The highest BCUT2D eigenvalue weighted by Crippen LogP contribution is 2.20. The first-order valence-electron chi connectivity index (χ1n) is 6.61. The topological polar surface area (TPSA) is 49.4 Å². The molecule has 1 aromatic carbocycles. The Morgan fingerprint density at radius 1 is 1.35 bits per heavy atom. The summed E-state index contributed by atoms with van der Waals surface area (Å²) in [5, 5.41) is 4.00. The zero-order valence-electron chi connectivity index (χ0n) is 12.3. The molecule has 0 aliphatic rings. The van der Waals surface area contributed by atoms with E-state index >= 15 is 0 Å². The van der Waals surface area contributed by atoms with Crippen molar-refractivity contribution in [2.75, 3.05) is 39.2 Å². The molecule has 0 aliphatic heterocycles. The first-order valence-corrected chi connectivity index (χ1v) is 9.04. The number of nitrogens with zero attached hydrogens (tertiary/aromatic N) is 1. The van der Waals surface area contributed by atoms with E-state index in [-0.39, 0.29) is 11.8 Å². The molecule has 1 unspecified atom stereocenters. The van der Waals surface area contributed by atoms with E-state index in [0.29, 0.717) is 6.54 Å². The third kappa shape index (κ3) is 6.70. The van der Waals surface area contributed by atoms with E-state index in [0.717, 1.165) is 23.6 Å². The second kappa shape index (κ2) is 7.98. The summed E-state index contributed by atoms with van der Waals surface area (Å²) >= 11 is 6.00. The van der Waals surface area contributed by atoms with Gasteiger partial charge in [-0.05, 0) is 44.8 Å². The van der Waals surface area contributed by atoms with Crippen LogP contribution in [0.2, 0.25) is 5.02 Å². The molecular weight excluding hydrogens is 296 g/mol. The number of benzene rings is 1. The van der Waals surface area contributed by atoms with Crippen LogP contribution in [0.1, 0.15) is 18.0 Å². The standard InChI is InChI=1S/C14H23ClN2O2S/c1-16-14(12-5-4-6-13(15)11-12)7-8-17(2)9-10-20(3,18)19/h4-6,11,14,16H,7-10H2,1-3H3. The molecule has 1 atom stereocenters. The van der Waals surface area contributed by atoms with Crippen molar-refractivity contribution >= 4 is 21.4 Å². The number of hydrogen-bond donors (Lipinski definition) is 1. The van der Waals surface area contributed by atoms with Crippen LogP contribution in [0.3, 0.4) is 0 Å². The number of nitrogens with one attached hydrogen (secondary N) is 1. The maximum atomic E-state index is 11.1. The highest BCUT2D eigenvalue weighted by atomic mass is 35.5. The Labute approximate surface area is 127 Å². The summed E-state index contributed by atoms with van der Waals surface area (Å²) < 4.78 is 22.3. The van der Waals surface area contributed by atoms with Gasteiger partial charge < -0.3 is 10.2 Å². The number of halogens is 1. The molecule has 0 heterocycles. The van der Waals surface area contributed by atoms with E-state index in [2.05, 4.69) is 5.32 Å². The van der Waals surface area contributed by atoms with Crippen molar-refractivity contribution in [1.29, 1.82) is 0 Å². The first-order chi connectivity index (χ1) is 9.31. The van der Waals surface area contributed by atoms with Gasteiger partial charge >= 0.3 is 0 Å². The van der Waals surface area contributed by atoms with Crippen LogP contribution in [0.5, 0.6) is 0 Å². The minimum atomic E-state index is -2.90. The smallest absolute Gasteiger partial charge is 0.148 e. The minimum absolute atomic E-state index is 0.199. The van der Waals surface area contributed by atoms with Crippen LogP contribution in [-0.4, -0.2) is 52.5 Å². The van der Waals surface area contributed by atoms with Crippen molar-refractivity contribution in [3.63, 3.8) is 0 Å². The molecule has 0 saturated carbocycles. The Morgan fingerprint density at radius 2 is 2.05 bits per heavy atom. The van der Waals surface area contributed by atoms with Gasteiger partial charge in [-0.3, -0.25) is 0 Å². The molecule has 6 heteroatoms. The SMILES string of the molecule is CNC(CCN(C)CCS(C)(=O)=O)c1cccc(Cl)c1. The zero-order chi connectivity index (χ0) is 15.2. The largest absolute Gasteiger partial charge is 0.313 e. The van der Waals surface area contributed by atoms with Crippen molar-refractivity contribution < 1.29 is 8.42 Å². The van der Waals surface area contributed by atoms with Crippen molar-refractivity contribution in [2.24, 2.45) is 0 Å². The summed E-state index contributed by atoms with van der Waals surface area (Å²) in [6.45, 7) is 1.39. The second-order valence-corrected chi connectivity index (χ2v) is 7.81. The second-order valence-electron chi connectivity index (χ2n) is 5.12. The van der Waals surface area contributed by atoms with E-state index in [1.54, 1.807) is 0 Å². The summed E-state index contributed by atoms with van der Waals surface area (Å²) in [5.74, 6) is 0.199. The van der Waals surface area contributed by atoms with Crippen molar-refractivity contribution in [1.82, 2.24) is 10.2 Å². The number of rotatable bonds is 8. The average molecular weight is 319 g/mol. The van der Waals surface area contributed by atoms with Gasteiger partial charge in [0.1, 0.15) is 9.84 Å². The van der Waals surface area contributed by atoms with Gasteiger partial charge in [0.05, 0.1) is 5.75 Å². The minimum Gasteiger partial charge on any atom is -0.313 e. The van der Waals surface area contributed by atoms with Crippen LogP contribution in [0.25, 0.3) is 0 Å². The lowest BCUT2D eigenvalue weighted by Gasteiger charge is -2.21. The van der Waals surface area contributed by atoms with E-state index in [1.165, 1.54) is 6.26 Å². The monoisotopic (exact) mass is 318 g/mol. The maximum Gasteiger partial charge on any atom is 0.148 e. The summed E-state index contributed by atoms with van der Waals surface area (Å²) in [5.41, 5.74) is 1.15. The van der Waals surface area contributed by atoms with Gasteiger partial charge in [0, 0.05) is 23.9 Å². The Balaban J connectivity index is 2.49. The summed E-state index contributed by atoms with van der Waals surface area (Å²) in [6, 6.07) is 8.02. The Hall–Kier alpha value is -0.620. The molecule has 4 nitrogen and oxygen atoms in total. The van der Waals surface area contributed by atoms with E-state index in [4.69, 9.17) is 11.6 Å². The third-order valence-electron chi connectivity index (χ3n) is 3.24. The van der Waals surface area contributed by atoms with Gasteiger partial charge in [-0.1, -0.05) is 23.7 Å². The molecule has 20 heavy (non-hydrogen) atoms. The Morgan fingerprint density at radius 3 is 2.60 bits per heavy atom. The highest BCUT2D eigenvalue weighted by Gasteiger charge is 2.12. The molecule has 0 saturated heterocycles. The normalized spacial score (nSPS) is 13.7. The fourth-order valence-corrected chi connectivity index (χ4v) is 2.83. The van der Waals surface area contributed by atoms with Crippen LogP contribution < -0.4 is 5.32 Å². The van der Waals surface area contributed by atoms with Gasteiger partial charge in [-0.2, -0.15) is 0 Å². The molecule has 0 spiro atoms. The van der Waals surface area contributed by atoms with Gasteiger partial charge in [-0.25, -0.2) is 8.42 Å². The molecule has 114 valence electrons. The summed E-state index contributed by atoms with van der Waals surface area (Å²) in [6.07, 6.45) is 2.17. The summed E-state index contributed by atoms with van der Waals surface area (Å²) in [7, 11) is 0.963. The Kier molecular flexibility index (Phi) is 6.95. The van der Waals surface area contributed by atoms with Gasteiger partial charge in [0.2, 0.25) is 0 Å². The Bertz CT molecular complexity index is 520. The molecular formula is C14H23ClN2O2S. The van der Waals surface area contributed by atoms with Gasteiger partial charge in [0.15, 0.2) is 0 Å². The molecule has 0 radical (unpaired) electrons. The van der Waals surface area contributed by atoms with Crippen molar-refractivity contribution in [3.05, 3.63) is 34.9 Å². The molecule has 0 fully saturated rings. The van der Waals surface area contributed by atoms with E-state index in [9.17, 15) is 8.42 Å². The first kappa shape index (κ1) is 17.4. The van der Waals surface area contributed by atoms with Crippen LogP contribution >= 0.6 is 11.6 Å². The van der Waals surface area contributed by atoms with Crippen LogP contribution in [0.4, 0.5) is 0 Å². The van der Waals surface area contributed by atoms with Crippen LogP contribution in [0.15, 0.2) is 24.3 Å². The lowest BCUT2D eigenvalue weighted by atomic mass is 10.0. The van der Waals surface area contributed by atoms with Crippen LogP contribution in [0, 0.1) is 0 Å². The molecule has 0 bridgehead atoms. The van der Waals surface area contributed by atoms with Gasteiger partial charge in [0.25, 0.3) is 0 Å². The zero-order valence-corrected chi connectivity index (χ0v) is 13.8. The van der Waals surface area contributed by atoms with Crippen molar-refractivity contribution in [3.8, 4) is 0 Å². The molecule has 1 N–H and O–H groups in total. The molecule has 0 aromatic heterocycles. The highest BCUT2D eigenvalue weighted by molar-refractivity contribution is 7.90. The number of sulfone groups is 1. The van der Waals surface area contributed by atoms with E-state index in [1.807, 2.05) is 43.3 Å². The molecule has 1 aromatic rings. The lowest BCUT2D eigenvalue weighted by Crippen LogP contribution is -2.29. The van der Waals surface area contributed by atoms with E-state index < -0.39 is 9.84 Å². The quantitative estimate of drug-likeness (QED) is 0.796. The van der Waals surface area contributed by atoms with Crippen LogP contribution in [-0.2, 0) is 9.84 Å². The fraction of sp³-hybridized carbons (Fsp3) is 0.571. The predicted octanol–water partition coefficient (Wildman–Crippen LogP) is 1.97. The molecule has 0 amide bonds. The average Bonchev–Trinajstić information content (AvgIpc) is 2.36. The predicted molar refractivity (Wildman–Crippen MR) is 85.1 cm³/mol. The fourth-order valence-electron chi connectivity index (χ4n) is 1.98. The lowest BCUT2D eigenvalue weighted by molar-refractivity contribution is 0.326. The van der Waals surface area contributed by atoms with Crippen molar-refractivity contribution in [2.45, 2.75) is 12.5 Å². The molecule has 0 aliphatic carbocycles.